The number of likely N-dealkylation sites (N-methyl/N-ethyl adjacent to an activating group) is 1. The highest BCUT2D eigenvalue weighted by Gasteiger charge is 2.23. The van der Waals surface area contributed by atoms with E-state index in [-0.39, 0.29) is 19.1 Å². The molecular weight excluding hydrogens is 539 g/mol. The third-order valence-corrected chi connectivity index (χ3v) is 7.54. The number of hydrogen-bond acceptors (Lipinski definition) is 6. The van der Waals surface area contributed by atoms with Crippen LogP contribution in [0.15, 0.2) is 36.5 Å². The van der Waals surface area contributed by atoms with Gasteiger partial charge in [0.25, 0.3) is 7.82 Å². The number of amides is 1. The Balaban J connectivity index is 4.57. The van der Waals surface area contributed by atoms with Gasteiger partial charge < -0.3 is 28.8 Å². The van der Waals surface area contributed by atoms with Crippen molar-refractivity contribution >= 4 is 13.7 Å². The number of nitrogens with one attached hydrogen (secondary N) is 1. The van der Waals surface area contributed by atoms with Crippen molar-refractivity contribution in [1.82, 2.24) is 5.32 Å². The Labute approximate surface area is 251 Å². The summed E-state index contributed by atoms with van der Waals surface area (Å²) in [6.45, 7) is 4.43. The largest absolute Gasteiger partial charge is 0.756 e. The molecular formula is C32H61N2O6P. The molecule has 0 bridgehead atoms. The molecule has 3 unspecified atom stereocenters. The molecule has 1 amide bonds. The SMILES string of the molecule is CCC/C=C\C/C=C\CCCCCCCC(=O)NC(COP(=O)([O-])OCC[N+](C)(C)C)C(O)/C=C/CCCCCC. The lowest BCUT2D eigenvalue weighted by atomic mass is 10.1. The van der Waals surface area contributed by atoms with Crippen LogP contribution in [0.4, 0.5) is 0 Å². The minimum absolute atomic E-state index is 0.00576. The lowest BCUT2D eigenvalue weighted by Crippen LogP contribution is -2.45. The van der Waals surface area contributed by atoms with E-state index in [1.165, 1.54) is 12.8 Å². The Hall–Kier alpha value is -1.28. The zero-order valence-corrected chi connectivity index (χ0v) is 27.6. The highest BCUT2D eigenvalue weighted by Crippen LogP contribution is 2.38. The van der Waals surface area contributed by atoms with Gasteiger partial charge in [-0.1, -0.05) is 95.2 Å². The van der Waals surface area contributed by atoms with Crippen LogP contribution in [0, 0.1) is 0 Å². The van der Waals surface area contributed by atoms with Gasteiger partial charge in [-0.25, -0.2) is 0 Å². The Morgan fingerprint density at radius 1 is 0.854 bits per heavy atom. The van der Waals surface area contributed by atoms with Crippen molar-refractivity contribution in [2.24, 2.45) is 0 Å². The van der Waals surface area contributed by atoms with Crippen molar-refractivity contribution < 1.29 is 32.9 Å². The third-order valence-electron chi connectivity index (χ3n) is 6.58. The number of unbranched alkanes of at least 4 members (excludes halogenated alkanes) is 10. The molecule has 240 valence electrons. The fraction of sp³-hybridized carbons (Fsp3) is 0.781. The number of carbonyl (C=O) groups is 1. The maximum Gasteiger partial charge on any atom is 0.268 e. The van der Waals surface area contributed by atoms with Crippen LogP contribution in [0.5, 0.6) is 0 Å². The average molecular weight is 601 g/mol. The smallest absolute Gasteiger partial charge is 0.268 e. The Morgan fingerprint density at radius 3 is 2.12 bits per heavy atom. The number of phosphoric ester groups is 1. The van der Waals surface area contributed by atoms with Crippen LogP contribution >= 0.6 is 7.82 Å². The number of aliphatic hydroxyl groups excluding tert-OH is 1. The average Bonchev–Trinajstić information content (AvgIpc) is 2.90. The third kappa shape index (κ3) is 27.3. The zero-order chi connectivity index (χ0) is 30.8. The van der Waals surface area contributed by atoms with Gasteiger partial charge in [-0.3, -0.25) is 9.36 Å². The molecule has 0 aromatic rings. The molecule has 0 aliphatic carbocycles. The summed E-state index contributed by atoms with van der Waals surface area (Å²) in [6.07, 6.45) is 26.4. The van der Waals surface area contributed by atoms with Crippen molar-refractivity contribution in [2.75, 3.05) is 40.9 Å². The molecule has 0 aromatic heterocycles. The lowest BCUT2D eigenvalue weighted by molar-refractivity contribution is -0.870. The summed E-state index contributed by atoms with van der Waals surface area (Å²) < 4.78 is 22.8. The molecule has 0 radical (unpaired) electrons. The van der Waals surface area contributed by atoms with Crippen molar-refractivity contribution in [3.8, 4) is 0 Å². The van der Waals surface area contributed by atoms with Gasteiger partial charge in [-0.15, -0.1) is 0 Å². The van der Waals surface area contributed by atoms with Gasteiger partial charge in [-0.05, 0) is 44.9 Å². The van der Waals surface area contributed by atoms with E-state index in [4.69, 9.17) is 9.05 Å². The molecule has 0 saturated heterocycles. The summed E-state index contributed by atoms with van der Waals surface area (Å²) in [5.74, 6) is -0.222. The maximum atomic E-state index is 12.6. The summed E-state index contributed by atoms with van der Waals surface area (Å²) in [5, 5.41) is 13.5. The van der Waals surface area contributed by atoms with Crippen molar-refractivity contribution in [1.29, 1.82) is 0 Å². The molecule has 0 aromatic carbocycles. The summed E-state index contributed by atoms with van der Waals surface area (Å²) in [4.78, 5) is 24.9. The summed E-state index contributed by atoms with van der Waals surface area (Å²) in [7, 11) is 1.24. The van der Waals surface area contributed by atoms with Gasteiger partial charge in [0.05, 0.1) is 39.9 Å². The minimum atomic E-state index is -4.57. The molecule has 0 rings (SSSR count). The number of aliphatic hydroxyl groups is 1. The zero-order valence-electron chi connectivity index (χ0n) is 26.7. The number of rotatable bonds is 27. The summed E-state index contributed by atoms with van der Waals surface area (Å²) >= 11 is 0. The van der Waals surface area contributed by atoms with Crippen LogP contribution in [0.3, 0.4) is 0 Å². The van der Waals surface area contributed by atoms with E-state index in [9.17, 15) is 19.4 Å². The first-order valence-electron chi connectivity index (χ1n) is 15.9. The molecule has 9 heteroatoms. The van der Waals surface area contributed by atoms with Crippen molar-refractivity contribution in [3.05, 3.63) is 36.5 Å². The molecule has 0 aliphatic rings. The molecule has 2 N–H and O–H groups in total. The minimum Gasteiger partial charge on any atom is -0.756 e. The second-order valence-corrected chi connectivity index (χ2v) is 13.2. The standard InChI is InChI=1S/C32H61N2O6P/c1-6-8-10-12-14-15-16-17-18-19-20-22-24-26-32(36)33-30(31(35)25-23-21-13-11-9-7-2)29-40-41(37,38)39-28-27-34(3,4)5/h10,12,15-16,23,25,30-31,35H,6-9,11,13-14,17-22,24,26-29H2,1-5H3,(H-,33,36,37,38)/b12-10-,16-15-,25-23+. The van der Waals surface area contributed by atoms with Crippen LogP contribution in [0.25, 0.3) is 0 Å². The van der Waals surface area contributed by atoms with Crippen molar-refractivity contribution in [3.63, 3.8) is 0 Å². The molecule has 8 nitrogen and oxygen atoms in total. The van der Waals surface area contributed by atoms with Gasteiger partial charge in [0.1, 0.15) is 13.2 Å². The summed E-state index contributed by atoms with van der Waals surface area (Å²) in [5.41, 5.74) is 0. The molecule has 0 aliphatic heterocycles. The predicted molar refractivity (Wildman–Crippen MR) is 168 cm³/mol. The molecule has 0 fully saturated rings. The number of allylic oxidation sites excluding steroid dienone is 5. The highest BCUT2D eigenvalue weighted by molar-refractivity contribution is 7.45. The first kappa shape index (κ1) is 39.7. The number of phosphoric acid groups is 1. The van der Waals surface area contributed by atoms with Crippen LogP contribution in [-0.4, -0.2) is 68.5 Å². The monoisotopic (exact) mass is 600 g/mol. The van der Waals surface area contributed by atoms with Crippen LogP contribution in [0.2, 0.25) is 0 Å². The van der Waals surface area contributed by atoms with Gasteiger partial charge in [0.2, 0.25) is 5.91 Å². The molecule has 0 heterocycles. The Bertz CT molecular complexity index is 779. The van der Waals surface area contributed by atoms with E-state index in [1.807, 2.05) is 27.2 Å². The van der Waals surface area contributed by atoms with E-state index < -0.39 is 20.0 Å². The second kappa shape index (κ2) is 25.2. The molecule has 41 heavy (non-hydrogen) atoms. The number of hydrogen-bond donors (Lipinski definition) is 2. The highest BCUT2D eigenvalue weighted by atomic mass is 31.2. The van der Waals surface area contributed by atoms with Crippen molar-refractivity contribution in [2.45, 2.75) is 122 Å². The quantitative estimate of drug-likeness (QED) is 0.0476. The van der Waals surface area contributed by atoms with Gasteiger partial charge in [0.15, 0.2) is 0 Å². The van der Waals surface area contributed by atoms with Gasteiger partial charge in [0, 0.05) is 6.42 Å². The van der Waals surface area contributed by atoms with E-state index in [0.717, 1.165) is 77.0 Å². The topological polar surface area (TPSA) is 108 Å². The van der Waals surface area contributed by atoms with Crippen LogP contribution in [0.1, 0.15) is 110 Å². The first-order chi connectivity index (χ1) is 19.5. The van der Waals surface area contributed by atoms with Crippen LogP contribution in [-0.2, 0) is 18.4 Å². The normalized spacial score (nSPS) is 15.6. The molecule has 0 saturated carbocycles. The lowest BCUT2D eigenvalue weighted by Gasteiger charge is -2.29. The van der Waals surface area contributed by atoms with E-state index in [0.29, 0.717) is 17.4 Å². The first-order valence-corrected chi connectivity index (χ1v) is 17.3. The number of quaternary nitrogens is 1. The Morgan fingerprint density at radius 2 is 1.46 bits per heavy atom. The van der Waals surface area contributed by atoms with E-state index >= 15 is 0 Å². The van der Waals surface area contributed by atoms with Gasteiger partial charge in [-0.2, -0.15) is 0 Å². The fourth-order valence-corrected chi connectivity index (χ4v) is 4.67. The number of carbonyl (C=O) groups excluding carboxylic acids is 1. The van der Waals surface area contributed by atoms with Crippen LogP contribution < -0.4 is 10.2 Å². The fourth-order valence-electron chi connectivity index (χ4n) is 3.95. The predicted octanol–water partition coefficient (Wildman–Crippen LogP) is 6.60. The molecule has 0 spiro atoms. The van der Waals surface area contributed by atoms with E-state index in [2.05, 4.69) is 43.5 Å². The van der Waals surface area contributed by atoms with E-state index in [1.54, 1.807) is 6.08 Å². The maximum absolute atomic E-state index is 12.6. The molecule has 3 atom stereocenters. The van der Waals surface area contributed by atoms with Gasteiger partial charge >= 0.3 is 0 Å². The second-order valence-electron chi connectivity index (χ2n) is 11.8. The Kier molecular flexibility index (Phi) is 24.5. The number of nitrogens with zero attached hydrogens (tertiary/aromatic N) is 1. The summed E-state index contributed by atoms with van der Waals surface area (Å²) in [6, 6.07) is -0.887.